The Bertz CT molecular complexity index is 398. The number of nitrogens with two attached hydrogens (primary N) is 1. The first-order chi connectivity index (χ1) is 7.58. The molecule has 0 spiro atoms. The zero-order chi connectivity index (χ0) is 12.1. The Morgan fingerprint density at radius 1 is 1.56 bits per heavy atom. The average molecular weight is 222 g/mol. The molecule has 4 heteroatoms. The summed E-state index contributed by atoms with van der Waals surface area (Å²) in [7, 11) is 0. The van der Waals surface area contributed by atoms with E-state index in [4.69, 9.17) is 15.7 Å². The fourth-order valence-corrected chi connectivity index (χ4v) is 1.25. The van der Waals surface area contributed by atoms with E-state index in [1.165, 1.54) is 12.1 Å². The first-order valence-electron chi connectivity index (χ1n) is 5.19. The van der Waals surface area contributed by atoms with Gasteiger partial charge in [0, 0.05) is 6.04 Å². The van der Waals surface area contributed by atoms with Gasteiger partial charge < -0.3 is 10.5 Å². The van der Waals surface area contributed by atoms with Crippen LogP contribution in [0.5, 0.6) is 5.75 Å². The van der Waals surface area contributed by atoms with Gasteiger partial charge in [-0.15, -0.1) is 0 Å². The van der Waals surface area contributed by atoms with Gasteiger partial charge in [0.05, 0.1) is 0 Å². The summed E-state index contributed by atoms with van der Waals surface area (Å²) < 4.78 is 18.8. The van der Waals surface area contributed by atoms with E-state index in [2.05, 4.69) is 0 Å². The Labute approximate surface area is 94.6 Å². The van der Waals surface area contributed by atoms with Crippen molar-refractivity contribution < 1.29 is 9.13 Å². The van der Waals surface area contributed by atoms with Crippen LogP contribution in [0.25, 0.3) is 0 Å². The van der Waals surface area contributed by atoms with Gasteiger partial charge in [-0.3, -0.25) is 0 Å². The van der Waals surface area contributed by atoms with E-state index in [9.17, 15) is 4.39 Å². The van der Waals surface area contributed by atoms with Gasteiger partial charge in [0.15, 0.2) is 17.7 Å². The first-order valence-corrected chi connectivity index (χ1v) is 5.19. The van der Waals surface area contributed by atoms with Crippen molar-refractivity contribution in [2.24, 2.45) is 5.73 Å². The molecule has 0 aromatic heterocycles. The van der Waals surface area contributed by atoms with Crippen molar-refractivity contribution in [2.75, 3.05) is 0 Å². The topological polar surface area (TPSA) is 59.0 Å². The van der Waals surface area contributed by atoms with Crippen molar-refractivity contribution in [3.63, 3.8) is 0 Å². The molecule has 0 radical (unpaired) electrons. The maximum Gasteiger partial charge on any atom is 0.184 e. The van der Waals surface area contributed by atoms with Crippen LogP contribution in [0.15, 0.2) is 18.2 Å². The minimum Gasteiger partial charge on any atom is -0.473 e. The minimum atomic E-state index is -0.615. The molecule has 86 valence electrons. The van der Waals surface area contributed by atoms with Crippen molar-refractivity contribution in [3.8, 4) is 11.8 Å². The fourth-order valence-electron chi connectivity index (χ4n) is 1.25. The van der Waals surface area contributed by atoms with Crippen LogP contribution in [0.3, 0.4) is 0 Å². The Kier molecular flexibility index (Phi) is 4.27. The predicted molar refractivity (Wildman–Crippen MR) is 59.3 cm³/mol. The van der Waals surface area contributed by atoms with Gasteiger partial charge in [0.2, 0.25) is 0 Å². The van der Waals surface area contributed by atoms with Gasteiger partial charge in [-0.2, -0.15) is 5.26 Å². The number of rotatable bonds is 4. The van der Waals surface area contributed by atoms with Crippen LogP contribution in [-0.4, -0.2) is 6.10 Å². The van der Waals surface area contributed by atoms with Crippen LogP contribution in [0.1, 0.15) is 31.9 Å². The standard InChI is InChI=1S/C12H15FN2O/c1-3-10(7-14)16-12-5-4-9(8(2)15)6-11(12)13/h4-6,8,10H,3,15H2,1-2H3/t8-,10?/m1/s1. The monoisotopic (exact) mass is 222 g/mol. The number of nitriles is 1. The molecule has 0 bridgehead atoms. The molecular weight excluding hydrogens is 207 g/mol. The normalized spacial score (nSPS) is 13.9. The molecule has 1 aromatic rings. The smallest absolute Gasteiger partial charge is 0.184 e. The van der Waals surface area contributed by atoms with Crippen LogP contribution < -0.4 is 10.5 Å². The van der Waals surface area contributed by atoms with Crippen LogP contribution in [0.2, 0.25) is 0 Å². The molecule has 0 saturated heterocycles. The number of hydrogen-bond donors (Lipinski definition) is 1. The van der Waals surface area contributed by atoms with E-state index in [0.29, 0.717) is 12.0 Å². The first kappa shape index (κ1) is 12.5. The van der Waals surface area contributed by atoms with Crippen molar-refractivity contribution >= 4 is 0 Å². The van der Waals surface area contributed by atoms with Gasteiger partial charge >= 0.3 is 0 Å². The molecule has 0 saturated carbocycles. The molecule has 3 nitrogen and oxygen atoms in total. The Balaban J connectivity index is 2.87. The summed E-state index contributed by atoms with van der Waals surface area (Å²) in [6.07, 6.45) is -0.0963. The molecule has 1 unspecified atom stereocenters. The molecule has 0 aliphatic carbocycles. The van der Waals surface area contributed by atoms with Gasteiger partial charge in [-0.1, -0.05) is 13.0 Å². The highest BCUT2D eigenvalue weighted by atomic mass is 19.1. The Morgan fingerprint density at radius 3 is 2.69 bits per heavy atom. The molecule has 1 rings (SSSR count). The van der Waals surface area contributed by atoms with E-state index < -0.39 is 11.9 Å². The molecule has 0 aliphatic rings. The molecule has 0 aliphatic heterocycles. The summed E-state index contributed by atoms with van der Waals surface area (Å²) in [5, 5.41) is 8.70. The molecular formula is C12H15FN2O. The fraction of sp³-hybridized carbons (Fsp3) is 0.417. The second kappa shape index (κ2) is 5.47. The zero-order valence-corrected chi connectivity index (χ0v) is 9.40. The van der Waals surface area contributed by atoms with E-state index in [1.54, 1.807) is 13.0 Å². The molecule has 0 amide bonds. The second-order valence-electron chi connectivity index (χ2n) is 3.62. The quantitative estimate of drug-likeness (QED) is 0.851. The summed E-state index contributed by atoms with van der Waals surface area (Å²) in [6, 6.07) is 6.28. The summed E-state index contributed by atoms with van der Waals surface area (Å²) in [5.41, 5.74) is 6.33. The van der Waals surface area contributed by atoms with E-state index in [-0.39, 0.29) is 11.8 Å². The SMILES string of the molecule is CCC(C#N)Oc1ccc([C@@H](C)N)cc1F. The highest BCUT2D eigenvalue weighted by Crippen LogP contribution is 2.22. The minimum absolute atomic E-state index is 0.0952. The van der Waals surface area contributed by atoms with Gasteiger partial charge in [-0.25, -0.2) is 4.39 Å². The van der Waals surface area contributed by atoms with E-state index in [1.807, 2.05) is 13.0 Å². The van der Waals surface area contributed by atoms with Crippen molar-refractivity contribution in [1.82, 2.24) is 0 Å². The third kappa shape index (κ3) is 2.94. The molecule has 0 fully saturated rings. The van der Waals surface area contributed by atoms with Crippen LogP contribution in [-0.2, 0) is 0 Å². The van der Waals surface area contributed by atoms with Gasteiger partial charge in [-0.05, 0) is 31.0 Å². The molecule has 2 N–H and O–H groups in total. The zero-order valence-electron chi connectivity index (χ0n) is 9.40. The largest absolute Gasteiger partial charge is 0.473 e. The number of benzene rings is 1. The third-order valence-corrected chi connectivity index (χ3v) is 2.27. The third-order valence-electron chi connectivity index (χ3n) is 2.27. The lowest BCUT2D eigenvalue weighted by Crippen LogP contribution is -2.13. The van der Waals surface area contributed by atoms with Crippen molar-refractivity contribution in [1.29, 1.82) is 5.26 Å². The van der Waals surface area contributed by atoms with E-state index >= 15 is 0 Å². The lowest BCUT2D eigenvalue weighted by atomic mass is 10.1. The van der Waals surface area contributed by atoms with Crippen LogP contribution in [0.4, 0.5) is 4.39 Å². The Morgan fingerprint density at radius 2 is 2.25 bits per heavy atom. The maximum atomic E-state index is 13.6. The highest BCUT2D eigenvalue weighted by Gasteiger charge is 2.11. The van der Waals surface area contributed by atoms with Crippen LogP contribution >= 0.6 is 0 Å². The second-order valence-corrected chi connectivity index (χ2v) is 3.62. The molecule has 2 atom stereocenters. The Hall–Kier alpha value is -1.60. The molecule has 1 aromatic carbocycles. The van der Waals surface area contributed by atoms with Crippen LogP contribution in [0, 0.1) is 17.1 Å². The highest BCUT2D eigenvalue weighted by molar-refractivity contribution is 5.31. The van der Waals surface area contributed by atoms with Crippen molar-refractivity contribution in [3.05, 3.63) is 29.6 Å². The maximum absolute atomic E-state index is 13.6. The number of hydrogen-bond acceptors (Lipinski definition) is 3. The summed E-state index contributed by atoms with van der Waals surface area (Å²) in [5.74, 6) is -0.388. The number of halogens is 1. The predicted octanol–water partition coefficient (Wildman–Crippen LogP) is 2.53. The van der Waals surface area contributed by atoms with Crippen molar-refractivity contribution in [2.45, 2.75) is 32.4 Å². The van der Waals surface area contributed by atoms with Gasteiger partial charge in [0.25, 0.3) is 0 Å². The lowest BCUT2D eigenvalue weighted by Gasteiger charge is -2.12. The molecule has 0 heterocycles. The lowest BCUT2D eigenvalue weighted by molar-refractivity contribution is 0.240. The summed E-state index contributed by atoms with van der Waals surface area (Å²) in [4.78, 5) is 0. The molecule has 16 heavy (non-hydrogen) atoms. The van der Waals surface area contributed by atoms with Gasteiger partial charge in [0.1, 0.15) is 6.07 Å². The number of nitrogens with zero attached hydrogens (tertiary/aromatic N) is 1. The summed E-state index contributed by atoms with van der Waals surface area (Å²) in [6.45, 7) is 3.58. The number of ether oxygens (including phenoxy) is 1. The van der Waals surface area contributed by atoms with E-state index in [0.717, 1.165) is 0 Å². The summed E-state index contributed by atoms with van der Waals surface area (Å²) >= 11 is 0. The average Bonchev–Trinajstić information content (AvgIpc) is 2.27.